The maximum absolute atomic E-state index is 12.6. The number of carbonyl (C=O) groups is 1. The minimum atomic E-state index is 0.102. The second kappa shape index (κ2) is 5.23. The Hall–Kier alpha value is -2.18. The minimum Gasteiger partial charge on any atom is -0.356 e. The molecule has 22 heavy (non-hydrogen) atoms. The van der Waals surface area contributed by atoms with Crippen LogP contribution < -0.4 is 4.90 Å². The van der Waals surface area contributed by atoms with Gasteiger partial charge in [-0.1, -0.05) is 0 Å². The summed E-state index contributed by atoms with van der Waals surface area (Å²) in [5, 5.41) is 4.26. The average molecular weight is 300 g/mol. The van der Waals surface area contributed by atoms with E-state index in [1.165, 1.54) is 6.33 Å². The zero-order chi connectivity index (χ0) is 15.1. The number of rotatable bonds is 2. The molecule has 2 aromatic rings. The summed E-state index contributed by atoms with van der Waals surface area (Å²) >= 11 is 0. The first-order valence-corrected chi connectivity index (χ1v) is 7.93. The largest absolute Gasteiger partial charge is 0.356 e. The second-order valence-electron chi connectivity index (χ2n) is 6.19. The molecular formula is C15H20N6O. The number of hydrogen-bond donors (Lipinski definition) is 0. The van der Waals surface area contributed by atoms with Crippen LogP contribution in [0, 0.1) is 12.8 Å². The van der Waals surface area contributed by atoms with Crippen LogP contribution in [0.15, 0.2) is 12.4 Å². The van der Waals surface area contributed by atoms with Crippen LogP contribution in [0.4, 0.5) is 5.82 Å². The third kappa shape index (κ3) is 2.20. The predicted molar refractivity (Wildman–Crippen MR) is 81.7 cm³/mol. The monoisotopic (exact) mass is 300 g/mol. The summed E-state index contributed by atoms with van der Waals surface area (Å²) in [5.41, 5.74) is 0.921. The fourth-order valence-electron chi connectivity index (χ4n) is 3.50. The lowest BCUT2D eigenvalue weighted by molar-refractivity contribution is -0.133. The molecule has 4 heterocycles. The molecule has 7 heteroatoms. The molecule has 116 valence electrons. The van der Waals surface area contributed by atoms with E-state index in [4.69, 9.17) is 0 Å². The quantitative estimate of drug-likeness (QED) is 0.824. The first-order valence-electron chi connectivity index (χ1n) is 7.93. The van der Waals surface area contributed by atoms with Crippen LogP contribution in [-0.4, -0.2) is 56.6 Å². The zero-order valence-corrected chi connectivity index (χ0v) is 12.8. The van der Waals surface area contributed by atoms with Gasteiger partial charge in [0, 0.05) is 37.9 Å². The molecule has 1 atom stereocenters. The van der Waals surface area contributed by atoms with Crippen LogP contribution in [0.3, 0.4) is 0 Å². The molecule has 0 saturated carbocycles. The van der Waals surface area contributed by atoms with Gasteiger partial charge in [0.25, 0.3) is 5.78 Å². The molecule has 2 saturated heterocycles. The normalized spacial score (nSPS) is 22.0. The van der Waals surface area contributed by atoms with Crippen LogP contribution in [0.2, 0.25) is 0 Å². The smallest absolute Gasteiger partial charge is 0.254 e. The highest BCUT2D eigenvalue weighted by Gasteiger charge is 2.33. The van der Waals surface area contributed by atoms with Gasteiger partial charge in [-0.15, -0.1) is 0 Å². The molecule has 1 amide bonds. The van der Waals surface area contributed by atoms with Crippen molar-refractivity contribution in [2.45, 2.75) is 26.2 Å². The van der Waals surface area contributed by atoms with E-state index >= 15 is 0 Å². The van der Waals surface area contributed by atoms with Gasteiger partial charge in [0.15, 0.2) is 0 Å². The lowest BCUT2D eigenvalue weighted by atomic mass is 10.1. The highest BCUT2D eigenvalue weighted by molar-refractivity contribution is 5.80. The number of amides is 1. The highest BCUT2D eigenvalue weighted by Crippen LogP contribution is 2.26. The van der Waals surface area contributed by atoms with Gasteiger partial charge in [0.2, 0.25) is 5.91 Å². The number of aryl methyl sites for hydroxylation is 1. The third-order valence-corrected chi connectivity index (χ3v) is 4.64. The van der Waals surface area contributed by atoms with Crippen LogP contribution >= 0.6 is 0 Å². The van der Waals surface area contributed by atoms with E-state index in [1.807, 2.05) is 17.9 Å². The molecule has 7 nitrogen and oxygen atoms in total. The Bertz CT molecular complexity index is 705. The zero-order valence-electron chi connectivity index (χ0n) is 12.8. The molecule has 0 spiro atoms. The molecule has 2 aliphatic heterocycles. The van der Waals surface area contributed by atoms with E-state index in [2.05, 4.69) is 20.0 Å². The molecule has 1 unspecified atom stereocenters. The number of anilines is 1. The van der Waals surface area contributed by atoms with Crippen molar-refractivity contribution in [3.63, 3.8) is 0 Å². The summed E-state index contributed by atoms with van der Waals surface area (Å²) < 4.78 is 1.76. The minimum absolute atomic E-state index is 0.102. The Kier molecular flexibility index (Phi) is 3.20. The van der Waals surface area contributed by atoms with Crippen LogP contribution in [0.1, 0.15) is 25.0 Å². The van der Waals surface area contributed by atoms with Gasteiger partial charge in [-0.05, 0) is 26.2 Å². The highest BCUT2D eigenvalue weighted by atomic mass is 16.2. The standard InChI is InChI=1S/C15H20N6O/c1-11-8-13(21-15(18-11)16-10-17-21)20-7-4-12(9-20)14(22)19-5-2-3-6-19/h8,10,12H,2-7,9H2,1H3. The fraction of sp³-hybridized carbons (Fsp3) is 0.600. The summed E-state index contributed by atoms with van der Waals surface area (Å²) in [7, 11) is 0. The Balaban J connectivity index is 1.56. The van der Waals surface area contributed by atoms with Crippen molar-refractivity contribution in [3.05, 3.63) is 18.1 Å². The number of carbonyl (C=O) groups excluding carboxylic acids is 1. The fourth-order valence-corrected chi connectivity index (χ4v) is 3.50. The maximum Gasteiger partial charge on any atom is 0.254 e. The van der Waals surface area contributed by atoms with Gasteiger partial charge in [-0.2, -0.15) is 14.6 Å². The van der Waals surface area contributed by atoms with E-state index in [9.17, 15) is 4.79 Å². The molecule has 0 bridgehead atoms. The number of likely N-dealkylation sites (tertiary alicyclic amines) is 1. The van der Waals surface area contributed by atoms with Gasteiger partial charge in [-0.3, -0.25) is 4.79 Å². The molecule has 2 aromatic heterocycles. The lowest BCUT2D eigenvalue weighted by Gasteiger charge is -2.22. The topological polar surface area (TPSA) is 66.6 Å². The van der Waals surface area contributed by atoms with E-state index in [0.29, 0.717) is 11.7 Å². The molecule has 2 fully saturated rings. The molecule has 0 aliphatic carbocycles. The summed E-state index contributed by atoms with van der Waals surface area (Å²) in [6, 6.07) is 2.02. The number of aromatic nitrogens is 4. The van der Waals surface area contributed by atoms with E-state index in [1.54, 1.807) is 4.52 Å². The van der Waals surface area contributed by atoms with Crippen molar-refractivity contribution >= 4 is 17.5 Å². The molecule has 0 aromatic carbocycles. The second-order valence-corrected chi connectivity index (χ2v) is 6.19. The van der Waals surface area contributed by atoms with Crippen molar-refractivity contribution in [1.82, 2.24) is 24.5 Å². The Labute approximate surface area is 128 Å². The first-order chi connectivity index (χ1) is 10.7. The summed E-state index contributed by atoms with van der Waals surface area (Å²) in [6.07, 6.45) is 4.72. The molecule has 2 aliphatic rings. The van der Waals surface area contributed by atoms with Gasteiger partial charge < -0.3 is 9.80 Å². The Morgan fingerprint density at radius 1 is 1.27 bits per heavy atom. The third-order valence-electron chi connectivity index (χ3n) is 4.64. The average Bonchev–Trinajstić information content (AvgIpc) is 3.25. The van der Waals surface area contributed by atoms with Crippen LogP contribution in [0.25, 0.3) is 5.78 Å². The molecule has 0 N–H and O–H groups in total. The Morgan fingerprint density at radius 2 is 2.09 bits per heavy atom. The number of hydrogen-bond acceptors (Lipinski definition) is 5. The van der Waals surface area contributed by atoms with Crippen LogP contribution in [0.5, 0.6) is 0 Å². The summed E-state index contributed by atoms with van der Waals surface area (Å²) in [6.45, 7) is 5.45. The van der Waals surface area contributed by atoms with Crippen molar-refractivity contribution in [2.75, 3.05) is 31.1 Å². The predicted octanol–water partition coefficient (Wildman–Crippen LogP) is 0.881. The van der Waals surface area contributed by atoms with Gasteiger partial charge >= 0.3 is 0 Å². The van der Waals surface area contributed by atoms with Gasteiger partial charge in [-0.25, -0.2) is 4.98 Å². The maximum atomic E-state index is 12.6. The molecule has 4 rings (SSSR count). The first kappa shape index (κ1) is 13.5. The Morgan fingerprint density at radius 3 is 2.91 bits per heavy atom. The number of fused-ring (bicyclic) bond motifs is 1. The van der Waals surface area contributed by atoms with Crippen molar-refractivity contribution in [1.29, 1.82) is 0 Å². The van der Waals surface area contributed by atoms with Crippen molar-refractivity contribution in [2.24, 2.45) is 5.92 Å². The molecular weight excluding hydrogens is 280 g/mol. The summed E-state index contributed by atoms with van der Waals surface area (Å²) in [4.78, 5) is 25.4. The van der Waals surface area contributed by atoms with Crippen molar-refractivity contribution < 1.29 is 4.79 Å². The van der Waals surface area contributed by atoms with E-state index < -0.39 is 0 Å². The van der Waals surface area contributed by atoms with E-state index in [0.717, 1.165) is 57.0 Å². The SMILES string of the molecule is Cc1cc(N2CCC(C(=O)N3CCCC3)C2)n2ncnc2n1. The molecule has 0 radical (unpaired) electrons. The van der Waals surface area contributed by atoms with Crippen molar-refractivity contribution in [3.8, 4) is 0 Å². The lowest BCUT2D eigenvalue weighted by Crippen LogP contribution is -2.35. The van der Waals surface area contributed by atoms with E-state index in [-0.39, 0.29) is 5.92 Å². The number of nitrogens with zero attached hydrogens (tertiary/aromatic N) is 6. The van der Waals surface area contributed by atoms with Gasteiger partial charge in [0.05, 0.1) is 5.92 Å². The van der Waals surface area contributed by atoms with Crippen LogP contribution in [-0.2, 0) is 4.79 Å². The van der Waals surface area contributed by atoms with Gasteiger partial charge in [0.1, 0.15) is 12.1 Å². The summed E-state index contributed by atoms with van der Waals surface area (Å²) in [5.74, 6) is 2.02.